The Morgan fingerprint density at radius 2 is 1.28 bits per heavy atom. The molecule has 0 fully saturated rings. The van der Waals surface area contributed by atoms with Crippen LogP contribution in [0.15, 0.2) is 65.5 Å². The standard InChI is InChI=1S/C41H54N2O3/c1-4-7-9-11-13-15-20-33-28-37-38(29-34(40(33)44)21-16-14-12-10-8-5-2)43(39(42-37)19-6-3)30-31-24-26-32(27-25-31)35-22-17-18-23-36(35)41(45)46/h17-18,22-29H,4-16,19-21,30H2,1-3H3,(H,45,46). The minimum Gasteiger partial charge on any atom is -0.478 e. The first kappa shape index (κ1) is 35.1. The van der Waals surface area contributed by atoms with E-state index in [4.69, 9.17) is 4.98 Å². The van der Waals surface area contributed by atoms with Crippen LogP contribution in [0.5, 0.6) is 0 Å². The second-order valence-corrected chi connectivity index (χ2v) is 12.9. The van der Waals surface area contributed by atoms with E-state index in [0.29, 0.717) is 17.7 Å². The summed E-state index contributed by atoms with van der Waals surface area (Å²) in [6.07, 6.45) is 17.9. The Morgan fingerprint density at radius 3 is 1.89 bits per heavy atom. The van der Waals surface area contributed by atoms with Crippen molar-refractivity contribution in [3.63, 3.8) is 0 Å². The van der Waals surface area contributed by atoms with E-state index in [2.05, 4.69) is 49.6 Å². The van der Waals surface area contributed by atoms with Crippen molar-refractivity contribution in [2.45, 2.75) is 130 Å². The number of carboxylic acid groups (broad SMARTS) is 1. The number of rotatable bonds is 20. The smallest absolute Gasteiger partial charge is 0.336 e. The minimum absolute atomic E-state index is 0.213. The molecule has 0 unspecified atom stereocenters. The number of hydrogen-bond donors (Lipinski definition) is 1. The summed E-state index contributed by atoms with van der Waals surface area (Å²) in [6.45, 7) is 7.32. The van der Waals surface area contributed by atoms with Gasteiger partial charge in [0, 0.05) is 24.1 Å². The zero-order valence-corrected chi connectivity index (χ0v) is 28.5. The molecular formula is C41H54N2O3. The SMILES string of the molecule is CCCCCCCCc1cc2nc(CCC)n(Cc3ccc(-c4ccccc4C(=O)O)cc3)c2cc(CCCCCCCC)c1=O. The third-order valence-electron chi connectivity index (χ3n) is 9.16. The molecule has 5 nitrogen and oxygen atoms in total. The lowest BCUT2D eigenvalue weighted by atomic mass is 9.99. The number of benzene rings is 2. The van der Waals surface area contributed by atoms with Gasteiger partial charge in [0.25, 0.3) is 0 Å². The molecule has 1 aromatic heterocycles. The normalized spacial score (nSPS) is 11.4. The molecule has 46 heavy (non-hydrogen) atoms. The van der Waals surface area contributed by atoms with Gasteiger partial charge in [0.1, 0.15) is 5.82 Å². The van der Waals surface area contributed by atoms with Crippen molar-refractivity contribution in [1.82, 2.24) is 9.55 Å². The summed E-state index contributed by atoms with van der Waals surface area (Å²) in [6, 6.07) is 19.6. The van der Waals surface area contributed by atoms with Gasteiger partial charge in [0.05, 0.1) is 16.6 Å². The van der Waals surface area contributed by atoms with E-state index in [1.54, 1.807) is 12.1 Å². The van der Waals surface area contributed by atoms with E-state index in [1.807, 2.05) is 24.3 Å². The fourth-order valence-corrected chi connectivity index (χ4v) is 6.51. The molecule has 5 heteroatoms. The predicted octanol–water partition coefficient (Wildman–Crippen LogP) is 10.6. The number of aromatic carboxylic acids is 1. The molecule has 0 spiro atoms. The van der Waals surface area contributed by atoms with Gasteiger partial charge in [-0.1, -0.05) is 127 Å². The first-order valence-electron chi connectivity index (χ1n) is 17.9. The maximum Gasteiger partial charge on any atom is 0.336 e. The highest BCUT2D eigenvalue weighted by Gasteiger charge is 2.16. The highest BCUT2D eigenvalue weighted by molar-refractivity contribution is 5.96. The number of unbranched alkanes of at least 4 members (excludes halogenated alkanes) is 10. The third-order valence-corrected chi connectivity index (χ3v) is 9.16. The van der Waals surface area contributed by atoms with Gasteiger partial charge in [0.2, 0.25) is 0 Å². The molecule has 0 saturated carbocycles. The molecule has 4 rings (SSSR count). The van der Waals surface area contributed by atoms with Crippen molar-refractivity contribution in [2.24, 2.45) is 0 Å². The Hall–Kier alpha value is -3.73. The topological polar surface area (TPSA) is 72.2 Å². The van der Waals surface area contributed by atoms with Gasteiger partial charge >= 0.3 is 5.97 Å². The van der Waals surface area contributed by atoms with Crippen LogP contribution >= 0.6 is 0 Å². The highest BCUT2D eigenvalue weighted by atomic mass is 16.4. The number of aryl methyl sites for hydroxylation is 3. The first-order valence-corrected chi connectivity index (χ1v) is 17.9. The van der Waals surface area contributed by atoms with Crippen LogP contribution in [0.4, 0.5) is 0 Å². The molecule has 1 heterocycles. The van der Waals surface area contributed by atoms with Crippen LogP contribution in [-0.2, 0) is 25.8 Å². The molecule has 1 N–H and O–H groups in total. The second kappa shape index (κ2) is 18.4. The number of nitrogens with zero attached hydrogens (tertiary/aromatic N) is 2. The van der Waals surface area contributed by atoms with Crippen molar-refractivity contribution in [2.75, 3.05) is 0 Å². The van der Waals surface area contributed by atoms with Gasteiger partial charge in [-0.3, -0.25) is 4.79 Å². The molecule has 246 valence electrons. The Morgan fingerprint density at radius 1 is 0.696 bits per heavy atom. The third kappa shape index (κ3) is 9.64. The summed E-state index contributed by atoms with van der Waals surface area (Å²) >= 11 is 0. The number of aromatic nitrogens is 2. The fraction of sp³-hybridized carbons (Fsp3) is 0.488. The van der Waals surface area contributed by atoms with Crippen LogP contribution in [0, 0.1) is 0 Å². The fourth-order valence-electron chi connectivity index (χ4n) is 6.51. The van der Waals surface area contributed by atoms with Gasteiger partial charge < -0.3 is 9.67 Å². The van der Waals surface area contributed by atoms with Gasteiger partial charge in [0.15, 0.2) is 5.43 Å². The summed E-state index contributed by atoms with van der Waals surface area (Å²) in [5.74, 6) is 0.125. The molecule has 0 aliphatic heterocycles. The number of fused-ring (bicyclic) bond motifs is 1. The molecule has 0 aliphatic carbocycles. The number of hydrogen-bond acceptors (Lipinski definition) is 3. The number of carboxylic acids is 1. The molecule has 0 amide bonds. The van der Waals surface area contributed by atoms with Crippen LogP contribution in [0.1, 0.15) is 137 Å². The molecule has 4 aromatic rings. The van der Waals surface area contributed by atoms with Crippen LogP contribution < -0.4 is 5.43 Å². The van der Waals surface area contributed by atoms with Crippen LogP contribution in [0.3, 0.4) is 0 Å². The Bertz CT molecular complexity index is 1600. The van der Waals surface area contributed by atoms with E-state index in [1.165, 1.54) is 51.4 Å². The van der Waals surface area contributed by atoms with Crippen molar-refractivity contribution in [3.05, 3.63) is 99.0 Å². The predicted molar refractivity (Wildman–Crippen MR) is 192 cm³/mol. The molecule has 0 radical (unpaired) electrons. The average Bonchev–Trinajstić information content (AvgIpc) is 3.30. The van der Waals surface area contributed by atoms with Gasteiger partial charge in [-0.25, -0.2) is 9.78 Å². The Labute approximate surface area is 276 Å². The lowest BCUT2D eigenvalue weighted by molar-refractivity contribution is 0.0697. The summed E-state index contributed by atoms with van der Waals surface area (Å²) in [4.78, 5) is 30.9. The second-order valence-electron chi connectivity index (χ2n) is 12.9. The van der Waals surface area contributed by atoms with E-state index in [-0.39, 0.29) is 5.43 Å². The number of imidazole rings is 1. The molecule has 0 atom stereocenters. The summed E-state index contributed by atoms with van der Waals surface area (Å²) in [5, 5.41) is 9.68. The van der Waals surface area contributed by atoms with Crippen LogP contribution in [0.2, 0.25) is 0 Å². The molecule has 0 bridgehead atoms. The van der Waals surface area contributed by atoms with E-state index in [9.17, 15) is 14.7 Å². The van der Waals surface area contributed by atoms with Gasteiger partial charge in [-0.15, -0.1) is 0 Å². The lowest BCUT2D eigenvalue weighted by Crippen LogP contribution is -2.12. The van der Waals surface area contributed by atoms with E-state index in [0.717, 1.165) is 90.5 Å². The monoisotopic (exact) mass is 622 g/mol. The first-order chi connectivity index (χ1) is 22.5. The van der Waals surface area contributed by atoms with Crippen molar-refractivity contribution in [3.8, 4) is 11.1 Å². The van der Waals surface area contributed by atoms with E-state index >= 15 is 0 Å². The average molecular weight is 623 g/mol. The van der Waals surface area contributed by atoms with Crippen LogP contribution in [0.25, 0.3) is 22.2 Å². The maximum atomic E-state index is 14.0. The number of carbonyl (C=O) groups is 1. The van der Waals surface area contributed by atoms with Gasteiger partial charge in [-0.05, 0) is 67.0 Å². The zero-order valence-electron chi connectivity index (χ0n) is 28.5. The van der Waals surface area contributed by atoms with Crippen molar-refractivity contribution < 1.29 is 9.90 Å². The maximum absolute atomic E-state index is 14.0. The molecular weight excluding hydrogens is 568 g/mol. The lowest BCUT2D eigenvalue weighted by Gasteiger charge is -2.11. The molecule has 3 aromatic carbocycles. The van der Waals surface area contributed by atoms with Gasteiger partial charge in [-0.2, -0.15) is 0 Å². The van der Waals surface area contributed by atoms with Crippen LogP contribution in [-0.4, -0.2) is 20.6 Å². The largest absolute Gasteiger partial charge is 0.478 e. The molecule has 0 aliphatic rings. The zero-order chi connectivity index (χ0) is 32.7. The Balaban J connectivity index is 1.67. The minimum atomic E-state index is -0.924. The van der Waals surface area contributed by atoms with E-state index < -0.39 is 5.97 Å². The Kier molecular flexibility index (Phi) is 14.1. The summed E-state index contributed by atoms with van der Waals surface area (Å²) in [7, 11) is 0. The van der Waals surface area contributed by atoms with Crippen molar-refractivity contribution >= 4 is 17.0 Å². The quantitative estimate of drug-likeness (QED) is 0.0996. The molecule has 0 saturated heterocycles. The van der Waals surface area contributed by atoms with Crippen molar-refractivity contribution in [1.29, 1.82) is 0 Å². The summed E-state index contributed by atoms with van der Waals surface area (Å²) in [5.41, 5.74) is 7.03. The highest BCUT2D eigenvalue weighted by Crippen LogP contribution is 2.26. The summed E-state index contributed by atoms with van der Waals surface area (Å²) < 4.78 is 2.30.